The summed E-state index contributed by atoms with van der Waals surface area (Å²) in [6, 6.07) is 8.96. The van der Waals surface area contributed by atoms with E-state index in [4.69, 9.17) is 4.74 Å². The standard InChI is InChI=1S/C25H29N3O2S/c29-25-9-7-19-6-8-20(18-22(19)26-25)30-16-2-1-11-27-12-14-28(15-13-27)23-4-3-5-24-21(23)10-17-31-24/h3-10,17,22H,1-2,11-16,18H2,(H,26,29). The second kappa shape index (κ2) is 9.28. The van der Waals surface area contributed by atoms with E-state index in [2.05, 4.69) is 50.8 Å². The van der Waals surface area contributed by atoms with Crippen molar-refractivity contribution in [2.24, 2.45) is 0 Å². The number of ether oxygens (including phenoxy) is 1. The van der Waals surface area contributed by atoms with Gasteiger partial charge in [-0.1, -0.05) is 18.2 Å². The normalized spacial score (nSPS) is 21.5. The summed E-state index contributed by atoms with van der Waals surface area (Å²) in [5.41, 5.74) is 2.54. The van der Waals surface area contributed by atoms with Crippen LogP contribution in [0.15, 0.2) is 65.3 Å². The minimum Gasteiger partial charge on any atom is -0.498 e. The molecule has 2 aliphatic heterocycles. The second-order valence-electron chi connectivity index (χ2n) is 8.39. The molecule has 3 heterocycles. The molecule has 1 aromatic heterocycles. The van der Waals surface area contributed by atoms with Crippen molar-refractivity contribution in [3.05, 3.63) is 65.3 Å². The van der Waals surface area contributed by atoms with E-state index in [1.54, 1.807) is 6.08 Å². The predicted molar refractivity (Wildman–Crippen MR) is 128 cm³/mol. The Bertz CT molecular complexity index is 1030. The molecule has 5 nitrogen and oxygen atoms in total. The molecule has 0 radical (unpaired) electrons. The number of amides is 1. The number of thiophene rings is 1. The number of nitrogens with one attached hydrogen (secondary N) is 1. The molecule has 2 aromatic rings. The minimum atomic E-state index is -0.0181. The lowest BCUT2D eigenvalue weighted by Crippen LogP contribution is -2.46. The Morgan fingerprint density at radius 2 is 1.97 bits per heavy atom. The Kier molecular flexibility index (Phi) is 6.09. The maximum absolute atomic E-state index is 11.5. The third-order valence-electron chi connectivity index (χ3n) is 6.35. The van der Waals surface area contributed by atoms with Crippen LogP contribution in [0.5, 0.6) is 0 Å². The molecule has 1 fully saturated rings. The van der Waals surface area contributed by atoms with Gasteiger partial charge in [0.2, 0.25) is 5.91 Å². The van der Waals surface area contributed by atoms with Crippen LogP contribution in [-0.2, 0) is 9.53 Å². The smallest absolute Gasteiger partial charge is 0.244 e. The van der Waals surface area contributed by atoms with Gasteiger partial charge in [-0.25, -0.2) is 0 Å². The summed E-state index contributed by atoms with van der Waals surface area (Å²) in [6.07, 6.45) is 10.5. The number of rotatable bonds is 7. The second-order valence-corrected chi connectivity index (χ2v) is 9.34. The largest absolute Gasteiger partial charge is 0.498 e. The quantitative estimate of drug-likeness (QED) is 0.666. The Labute approximate surface area is 187 Å². The first kappa shape index (κ1) is 20.3. The molecule has 3 aliphatic rings. The molecule has 6 heteroatoms. The Morgan fingerprint density at radius 1 is 1.06 bits per heavy atom. The number of benzene rings is 1. The molecule has 1 N–H and O–H groups in total. The van der Waals surface area contributed by atoms with Crippen LogP contribution < -0.4 is 10.2 Å². The fourth-order valence-corrected chi connectivity index (χ4v) is 5.41. The molecular weight excluding hydrogens is 406 g/mol. The number of hydrogen-bond donors (Lipinski definition) is 1. The highest BCUT2D eigenvalue weighted by molar-refractivity contribution is 7.17. The number of unbranched alkanes of at least 4 members (excludes halogenated alkanes) is 1. The lowest BCUT2D eigenvalue weighted by Gasteiger charge is -2.36. The number of carbonyl (C=O) groups is 1. The molecule has 1 aromatic carbocycles. The lowest BCUT2D eigenvalue weighted by molar-refractivity contribution is -0.117. The summed E-state index contributed by atoms with van der Waals surface area (Å²) < 4.78 is 7.36. The fraction of sp³-hybridized carbons (Fsp3) is 0.400. The highest BCUT2D eigenvalue weighted by Gasteiger charge is 2.23. The number of piperazine rings is 1. The first-order chi connectivity index (χ1) is 15.3. The van der Waals surface area contributed by atoms with Gasteiger partial charge in [0.15, 0.2) is 0 Å². The van der Waals surface area contributed by atoms with Gasteiger partial charge in [0.1, 0.15) is 0 Å². The number of hydrogen-bond acceptors (Lipinski definition) is 5. The SMILES string of the molecule is O=C1C=CC2=CC=C(OCCCCN3CCN(c4cccc5sccc45)CC3)CC2N1. The third kappa shape index (κ3) is 4.70. The van der Waals surface area contributed by atoms with Crippen LogP contribution in [0.4, 0.5) is 5.69 Å². The van der Waals surface area contributed by atoms with Gasteiger partial charge in [-0.05, 0) is 54.6 Å². The summed E-state index contributed by atoms with van der Waals surface area (Å²) in [5, 5.41) is 6.57. The first-order valence-electron chi connectivity index (χ1n) is 11.2. The van der Waals surface area contributed by atoms with Crippen molar-refractivity contribution in [1.82, 2.24) is 10.2 Å². The molecule has 0 saturated carbocycles. The van der Waals surface area contributed by atoms with Gasteiger partial charge in [-0.15, -0.1) is 11.3 Å². The van der Waals surface area contributed by atoms with Crippen LogP contribution in [-0.4, -0.2) is 56.2 Å². The van der Waals surface area contributed by atoms with Gasteiger partial charge >= 0.3 is 0 Å². The van der Waals surface area contributed by atoms with Crippen molar-refractivity contribution in [2.75, 3.05) is 44.2 Å². The highest BCUT2D eigenvalue weighted by Crippen LogP contribution is 2.31. The van der Waals surface area contributed by atoms with Crippen LogP contribution in [0.2, 0.25) is 0 Å². The zero-order chi connectivity index (χ0) is 21.0. The van der Waals surface area contributed by atoms with Gasteiger partial charge in [-0.2, -0.15) is 0 Å². The number of carbonyl (C=O) groups excluding carboxylic acids is 1. The maximum Gasteiger partial charge on any atom is 0.244 e. The average Bonchev–Trinajstić information content (AvgIpc) is 3.28. The molecule has 0 spiro atoms. The predicted octanol–water partition coefficient (Wildman–Crippen LogP) is 4.09. The zero-order valence-corrected chi connectivity index (χ0v) is 18.6. The summed E-state index contributed by atoms with van der Waals surface area (Å²) in [4.78, 5) is 16.6. The fourth-order valence-electron chi connectivity index (χ4n) is 4.60. The summed E-state index contributed by atoms with van der Waals surface area (Å²) in [6.45, 7) is 6.30. The molecule has 31 heavy (non-hydrogen) atoms. The number of nitrogens with zero attached hydrogens (tertiary/aromatic N) is 2. The van der Waals surface area contributed by atoms with E-state index in [9.17, 15) is 4.79 Å². The zero-order valence-electron chi connectivity index (χ0n) is 17.8. The molecule has 0 bridgehead atoms. The van der Waals surface area contributed by atoms with Gasteiger partial charge in [-0.3, -0.25) is 9.69 Å². The maximum atomic E-state index is 11.5. The Hall–Kier alpha value is -2.57. The van der Waals surface area contributed by atoms with E-state index >= 15 is 0 Å². The van der Waals surface area contributed by atoms with Crippen molar-refractivity contribution >= 4 is 33.0 Å². The Morgan fingerprint density at radius 3 is 2.87 bits per heavy atom. The van der Waals surface area contributed by atoms with Gasteiger partial charge in [0.05, 0.1) is 18.4 Å². The van der Waals surface area contributed by atoms with Crippen molar-refractivity contribution in [3.63, 3.8) is 0 Å². The number of anilines is 1. The topological polar surface area (TPSA) is 44.8 Å². The number of allylic oxidation sites excluding steroid dienone is 2. The van der Waals surface area contributed by atoms with Crippen molar-refractivity contribution in [1.29, 1.82) is 0 Å². The molecule has 5 rings (SSSR count). The van der Waals surface area contributed by atoms with E-state index in [0.29, 0.717) is 0 Å². The summed E-state index contributed by atoms with van der Waals surface area (Å²) in [5.74, 6) is 0.955. The molecular formula is C25H29N3O2S. The van der Waals surface area contributed by atoms with E-state index in [1.807, 2.05) is 23.5 Å². The van der Waals surface area contributed by atoms with Crippen LogP contribution in [0.1, 0.15) is 19.3 Å². The van der Waals surface area contributed by atoms with E-state index in [-0.39, 0.29) is 11.9 Å². The van der Waals surface area contributed by atoms with Crippen LogP contribution >= 0.6 is 11.3 Å². The lowest BCUT2D eigenvalue weighted by atomic mass is 9.95. The van der Waals surface area contributed by atoms with Crippen LogP contribution in [0.3, 0.4) is 0 Å². The molecule has 1 aliphatic carbocycles. The summed E-state index contributed by atoms with van der Waals surface area (Å²) >= 11 is 1.82. The van der Waals surface area contributed by atoms with Gasteiger partial charge in [0, 0.05) is 54.4 Å². The van der Waals surface area contributed by atoms with E-state index in [1.165, 1.54) is 15.8 Å². The van der Waals surface area contributed by atoms with Crippen LogP contribution in [0, 0.1) is 0 Å². The van der Waals surface area contributed by atoms with Gasteiger partial charge < -0.3 is 15.0 Å². The molecule has 1 unspecified atom stereocenters. The monoisotopic (exact) mass is 435 g/mol. The summed E-state index contributed by atoms with van der Waals surface area (Å²) in [7, 11) is 0. The Balaban J connectivity index is 1.02. The third-order valence-corrected chi connectivity index (χ3v) is 7.24. The molecule has 1 atom stereocenters. The molecule has 1 saturated heterocycles. The first-order valence-corrected chi connectivity index (χ1v) is 12.1. The minimum absolute atomic E-state index is 0.0181. The average molecular weight is 436 g/mol. The highest BCUT2D eigenvalue weighted by atomic mass is 32.1. The molecule has 162 valence electrons. The van der Waals surface area contributed by atoms with Crippen LogP contribution in [0.25, 0.3) is 10.1 Å². The molecule has 1 amide bonds. The van der Waals surface area contributed by atoms with E-state index in [0.717, 1.165) is 69.9 Å². The van der Waals surface area contributed by atoms with E-state index < -0.39 is 0 Å². The van der Waals surface area contributed by atoms with Gasteiger partial charge in [0.25, 0.3) is 0 Å². The number of fused-ring (bicyclic) bond motifs is 2. The van der Waals surface area contributed by atoms with Crippen molar-refractivity contribution in [3.8, 4) is 0 Å². The van der Waals surface area contributed by atoms with Crippen molar-refractivity contribution in [2.45, 2.75) is 25.3 Å². The van der Waals surface area contributed by atoms with Crippen molar-refractivity contribution < 1.29 is 9.53 Å².